The second-order valence-corrected chi connectivity index (χ2v) is 8.21. The number of alkyl halides is 3. The van der Waals surface area contributed by atoms with Gasteiger partial charge in [0.2, 0.25) is 5.13 Å². The van der Waals surface area contributed by atoms with Gasteiger partial charge in [0.1, 0.15) is 0 Å². The third kappa shape index (κ3) is 4.52. The number of hydrogen-bond acceptors (Lipinski definition) is 6. The molecule has 0 saturated heterocycles. The maximum absolute atomic E-state index is 14.3. The van der Waals surface area contributed by atoms with E-state index in [9.17, 15) is 18.3 Å². The third-order valence-corrected chi connectivity index (χ3v) is 6.03. The zero-order chi connectivity index (χ0) is 22.0. The molecular weight excluding hydrogens is 445 g/mol. The van der Waals surface area contributed by atoms with Crippen LogP contribution in [0.25, 0.3) is 16.4 Å². The molecule has 0 radical (unpaired) electrons. The summed E-state index contributed by atoms with van der Waals surface area (Å²) in [7, 11) is 0. The average Bonchev–Trinajstić information content (AvgIpc) is 3.39. The predicted octanol–water partition coefficient (Wildman–Crippen LogP) is 5.06. The maximum atomic E-state index is 14.3. The lowest BCUT2D eigenvalue weighted by Crippen LogP contribution is -2.15. The van der Waals surface area contributed by atoms with Crippen LogP contribution in [-0.2, 0) is 19.2 Å². The van der Waals surface area contributed by atoms with Crippen LogP contribution >= 0.6 is 23.3 Å². The van der Waals surface area contributed by atoms with E-state index in [2.05, 4.69) is 10.1 Å². The fourth-order valence-electron chi connectivity index (χ4n) is 3.23. The van der Waals surface area contributed by atoms with Crippen molar-refractivity contribution >= 4 is 23.3 Å². The van der Waals surface area contributed by atoms with Gasteiger partial charge in [-0.1, -0.05) is 42.5 Å². The first-order valence-corrected chi connectivity index (χ1v) is 10.9. The molecule has 0 amide bonds. The fourth-order valence-corrected chi connectivity index (χ4v) is 4.30. The average molecular weight is 463 g/mol. The number of aliphatic hydroxyl groups is 1. The molecule has 0 spiro atoms. The molecule has 2 aromatic carbocycles. The molecule has 0 aliphatic heterocycles. The largest absolute Gasteiger partial charge is 0.433 e. The SMILES string of the molecule is NSc1ccc(Cc2c(-c3ccccc3)nn(-c3nc(CO)cs3)c2C(F)(F)F)cc1. The molecule has 0 unspecified atom stereocenters. The molecule has 0 atom stereocenters. The van der Waals surface area contributed by atoms with E-state index in [1.54, 1.807) is 54.6 Å². The Morgan fingerprint density at radius 1 is 1.06 bits per heavy atom. The summed E-state index contributed by atoms with van der Waals surface area (Å²) in [5.74, 6) is 0. The van der Waals surface area contributed by atoms with Crippen molar-refractivity contribution < 1.29 is 18.3 Å². The lowest BCUT2D eigenvalue weighted by atomic mass is 9.99. The molecule has 4 aromatic rings. The van der Waals surface area contributed by atoms with E-state index in [-0.39, 0.29) is 29.4 Å². The van der Waals surface area contributed by atoms with Gasteiger partial charge >= 0.3 is 6.18 Å². The quantitative estimate of drug-likeness (QED) is 0.392. The van der Waals surface area contributed by atoms with E-state index < -0.39 is 11.9 Å². The number of thiazole rings is 1. The van der Waals surface area contributed by atoms with Gasteiger partial charge in [-0.25, -0.2) is 9.67 Å². The van der Waals surface area contributed by atoms with Gasteiger partial charge in [0, 0.05) is 27.8 Å². The number of aromatic nitrogens is 3. The normalized spacial score (nSPS) is 11.8. The van der Waals surface area contributed by atoms with E-state index in [4.69, 9.17) is 5.14 Å². The van der Waals surface area contributed by atoms with Crippen molar-refractivity contribution in [3.05, 3.63) is 82.5 Å². The molecule has 4 rings (SSSR count). The molecular formula is C21H17F3N4OS2. The van der Waals surface area contributed by atoms with Gasteiger partial charge in [0.05, 0.1) is 18.0 Å². The summed E-state index contributed by atoms with van der Waals surface area (Å²) >= 11 is 2.07. The van der Waals surface area contributed by atoms with Crippen LogP contribution in [0.3, 0.4) is 0 Å². The highest BCUT2D eigenvalue weighted by molar-refractivity contribution is 7.97. The Balaban J connectivity index is 1.92. The Morgan fingerprint density at radius 3 is 2.35 bits per heavy atom. The van der Waals surface area contributed by atoms with Crippen molar-refractivity contribution in [1.29, 1.82) is 0 Å². The van der Waals surface area contributed by atoms with Gasteiger partial charge in [-0.3, -0.25) is 5.14 Å². The summed E-state index contributed by atoms with van der Waals surface area (Å²) in [6, 6.07) is 15.8. The van der Waals surface area contributed by atoms with Crippen LogP contribution in [-0.4, -0.2) is 19.9 Å². The van der Waals surface area contributed by atoms with Crippen molar-refractivity contribution in [2.75, 3.05) is 0 Å². The molecule has 0 fully saturated rings. The second kappa shape index (κ2) is 8.83. The third-order valence-electron chi connectivity index (χ3n) is 4.62. The van der Waals surface area contributed by atoms with Crippen molar-refractivity contribution in [3.8, 4) is 16.4 Å². The Hall–Kier alpha value is -2.66. The van der Waals surface area contributed by atoms with Gasteiger partial charge in [-0.15, -0.1) is 11.3 Å². The van der Waals surface area contributed by atoms with Gasteiger partial charge in [0.15, 0.2) is 5.69 Å². The van der Waals surface area contributed by atoms with Gasteiger partial charge in [-0.05, 0) is 29.6 Å². The highest BCUT2D eigenvalue weighted by Crippen LogP contribution is 2.40. The van der Waals surface area contributed by atoms with E-state index in [0.29, 0.717) is 16.8 Å². The molecule has 0 saturated carbocycles. The Morgan fingerprint density at radius 2 is 1.77 bits per heavy atom. The summed E-state index contributed by atoms with van der Waals surface area (Å²) in [6.07, 6.45) is -4.62. The van der Waals surface area contributed by atoms with Gasteiger partial charge in [-0.2, -0.15) is 18.3 Å². The summed E-state index contributed by atoms with van der Waals surface area (Å²) in [4.78, 5) is 4.92. The molecule has 10 heteroatoms. The summed E-state index contributed by atoms with van der Waals surface area (Å²) < 4.78 is 43.7. The van der Waals surface area contributed by atoms with Crippen LogP contribution < -0.4 is 5.14 Å². The number of nitrogens with two attached hydrogens (primary N) is 1. The number of benzene rings is 2. The van der Waals surface area contributed by atoms with Gasteiger partial charge in [0.25, 0.3) is 0 Å². The van der Waals surface area contributed by atoms with E-state index in [1.165, 1.54) is 5.38 Å². The topological polar surface area (TPSA) is 77.0 Å². The minimum absolute atomic E-state index is 0.0345. The minimum atomic E-state index is -4.66. The number of halogens is 3. The van der Waals surface area contributed by atoms with Crippen molar-refractivity contribution in [3.63, 3.8) is 0 Å². The Labute approximate surface area is 184 Å². The first-order chi connectivity index (χ1) is 14.9. The van der Waals surface area contributed by atoms with E-state index in [1.807, 2.05) is 0 Å². The van der Waals surface area contributed by atoms with Crippen LogP contribution in [0.1, 0.15) is 22.5 Å². The lowest BCUT2D eigenvalue weighted by Gasteiger charge is -2.12. The summed E-state index contributed by atoms with van der Waals surface area (Å²) in [6.45, 7) is -0.358. The molecule has 0 aliphatic carbocycles. The van der Waals surface area contributed by atoms with Crippen LogP contribution in [0.2, 0.25) is 0 Å². The maximum Gasteiger partial charge on any atom is 0.433 e. The van der Waals surface area contributed by atoms with Crippen LogP contribution in [0, 0.1) is 0 Å². The van der Waals surface area contributed by atoms with Crippen LogP contribution in [0.5, 0.6) is 0 Å². The highest BCUT2D eigenvalue weighted by Gasteiger charge is 2.41. The molecule has 31 heavy (non-hydrogen) atoms. The van der Waals surface area contributed by atoms with E-state index in [0.717, 1.165) is 32.9 Å². The zero-order valence-corrected chi connectivity index (χ0v) is 17.6. The minimum Gasteiger partial charge on any atom is -0.390 e. The first kappa shape index (κ1) is 21.6. The molecule has 2 aromatic heterocycles. The molecule has 160 valence electrons. The predicted molar refractivity (Wildman–Crippen MR) is 115 cm³/mol. The zero-order valence-electron chi connectivity index (χ0n) is 16.0. The van der Waals surface area contributed by atoms with Crippen LogP contribution in [0.15, 0.2) is 64.9 Å². The Kier molecular flexibility index (Phi) is 6.15. The first-order valence-electron chi connectivity index (χ1n) is 9.16. The molecule has 0 aliphatic rings. The molecule has 0 bridgehead atoms. The molecule has 3 N–H and O–H groups in total. The molecule has 5 nitrogen and oxygen atoms in total. The number of hydrogen-bond donors (Lipinski definition) is 2. The van der Waals surface area contributed by atoms with Crippen molar-refractivity contribution in [2.24, 2.45) is 5.14 Å². The summed E-state index contributed by atoms with van der Waals surface area (Å²) in [5, 5.41) is 20.7. The van der Waals surface area contributed by atoms with Crippen molar-refractivity contribution in [2.45, 2.75) is 24.1 Å². The highest BCUT2D eigenvalue weighted by atomic mass is 32.2. The fraction of sp³-hybridized carbons (Fsp3) is 0.143. The van der Waals surface area contributed by atoms with Crippen molar-refractivity contribution in [1.82, 2.24) is 14.8 Å². The smallest absolute Gasteiger partial charge is 0.390 e. The lowest BCUT2D eigenvalue weighted by molar-refractivity contribution is -0.143. The monoisotopic (exact) mass is 462 g/mol. The standard InChI is InChI=1S/C21H17F3N4OS2/c22-21(23,24)19-17(10-13-6-8-16(31-25)9-7-13)18(14-4-2-1-3-5-14)27-28(19)20-26-15(11-29)12-30-20/h1-9,12,29H,10-11,25H2. The van der Waals surface area contributed by atoms with Crippen LogP contribution in [0.4, 0.5) is 13.2 Å². The number of rotatable bonds is 6. The number of aliphatic hydroxyl groups excluding tert-OH is 1. The molecule has 2 heterocycles. The summed E-state index contributed by atoms with van der Waals surface area (Å²) in [5.41, 5.74) is 1.01. The van der Waals surface area contributed by atoms with E-state index >= 15 is 0 Å². The second-order valence-electron chi connectivity index (χ2n) is 6.67. The number of nitrogens with zero attached hydrogens (tertiary/aromatic N) is 3. The van der Waals surface area contributed by atoms with Gasteiger partial charge < -0.3 is 5.11 Å². The Bertz CT molecular complexity index is 1170.